The Bertz CT molecular complexity index is 747. The molecule has 2 heterocycles. The van der Waals surface area contributed by atoms with Crippen molar-refractivity contribution in [3.8, 4) is 5.75 Å². The molecule has 2 aliphatic rings. The van der Waals surface area contributed by atoms with Crippen LogP contribution in [0.15, 0.2) is 23.1 Å². The van der Waals surface area contributed by atoms with Crippen molar-refractivity contribution in [2.45, 2.75) is 56.3 Å². The number of carbonyl (C=O) groups is 1. The highest BCUT2D eigenvalue weighted by Gasteiger charge is 2.30. The highest BCUT2D eigenvalue weighted by atomic mass is 32.2. The van der Waals surface area contributed by atoms with Crippen molar-refractivity contribution >= 4 is 15.9 Å². The highest BCUT2D eigenvalue weighted by molar-refractivity contribution is 7.89. The fraction of sp³-hybridized carbons (Fsp3) is 0.650. The van der Waals surface area contributed by atoms with Gasteiger partial charge in [-0.2, -0.15) is 4.31 Å². The third-order valence-corrected chi connectivity index (χ3v) is 7.41. The number of likely N-dealkylation sites (tertiary alicyclic amines) is 1. The van der Waals surface area contributed by atoms with Crippen molar-refractivity contribution in [1.29, 1.82) is 0 Å². The molecule has 2 saturated heterocycles. The van der Waals surface area contributed by atoms with Crippen LogP contribution in [0.2, 0.25) is 0 Å². The van der Waals surface area contributed by atoms with E-state index >= 15 is 0 Å². The number of methoxy groups -OCH3 is 1. The number of rotatable bonds is 4. The van der Waals surface area contributed by atoms with Crippen molar-refractivity contribution < 1.29 is 17.9 Å². The molecule has 27 heavy (non-hydrogen) atoms. The summed E-state index contributed by atoms with van der Waals surface area (Å²) >= 11 is 0. The van der Waals surface area contributed by atoms with Crippen molar-refractivity contribution in [3.63, 3.8) is 0 Å². The van der Waals surface area contributed by atoms with E-state index in [-0.39, 0.29) is 10.8 Å². The van der Waals surface area contributed by atoms with Crippen LogP contribution in [0.25, 0.3) is 0 Å². The van der Waals surface area contributed by atoms with E-state index in [2.05, 4.69) is 0 Å². The Labute approximate surface area is 162 Å². The minimum Gasteiger partial charge on any atom is -0.495 e. The molecule has 0 atom stereocenters. The number of amides is 1. The SMILES string of the molecule is COc1ccc(C(=O)N2CCCCCC2)cc1S(=O)(=O)N1CCCCCC1. The first-order chi connectivity index (χ1) is 13.0. The van der Waals surface area contributed by atoms with Gasteiger partial charge in [0.15, 0.2) is 0 Å². The predicted molar refractivity (Wildman–Crippen MR) is 105 cm³/mol. The van der Waals surface area contributed by atoms with E-state index in [0.29, 0.717) is 24.4 Å². The quantitative estimate of drug-likeness (QED) is 0.786. The standard InChI is InChI=1S/C20H30N2O4S/c1-26-18-11-10-17(20(23)21-12-6-2-3-7-13-21)16-19(18)27(24,25)22-14-8-4-5-9-15-22/h10-11,16H,2-9,12-15H2,1H3. The topological polar surface area (TPSA) is 66.9 Å². The largest absolute Gasteiger partial charge is 0.495 e. The molecule has 0 radical (unpaired) electrons. The summed E-state index contributed by atoms with van der Waals surface area (Å²) in [6.45, 7) is 2.52. The van der Waals surface area contributed by atoms with Gasteiger partial charge in [-0.25, -0.2) is 8.42 Å². The zero-order chi connectivity index (χ0) is 19.3. The molecule has 0 aromatic heterocycles. The molecule has 2 fully saturated rings. The van der Waals surface area contributed by atoms with Crippen LogP contribution in [-0.4, -0.2) is 56.8 Å². The molecule has 0 saturated carbocycles. The number of sulfonamides is 1. The van der Waals surface area contributed by atoms with Crippen LogP contribution >= 0.6 is 0 Å². The first-order valence-corrected chi connectivity index (χ1v) is 11.5. The fourth-order valence-electron chi connectivity index (χ4n) is 3.89. The van der Waals surface area contributed by atoms with E-state index in [1.54, 1.807) is 12.1 Å². The summed E-state index contributed by atoms with van der Waals surface area (Å²) in [6.07, 6.45) is 8.12. The average molecular weight is 395 g/mol. The summed E-state index contributed by atoms with van der Waals surface area (Å²) in [5.74, 6) is 0.207. The number of ether oxygens (including phenoxy) is 1. The summed E-state index contributed by atoms with van der Waals surface area (Å²) < 4.78 is 33.4. The van der Waals surface area contributed by atoms with E-state index < -0.39 is 10.0 Å². The molecule has 3 rings (SSSR count). The molecule has 0 spiro atoms. The minimum atomic E-state index is -3.68. The first kappa shape index (κ1) is 20.1. The second-order valence-corrected chi connectivity index (χ2v) is 9.30. The predicted octanol–water partition coefficient (Wildman–Crippen LogP) is 3.28. The monoisotopic (exact) mass is 394 g/mol. The lowest BCUT2D eigenvalue weighted by Gasteiger charge is -2.23. The molecular formula is C20H30N2O4S. The van der Waals surface area contributed by atoms with Gasteiger partial charge in [-0.3, -0.25) is 4.79 Å². The smallest absolute Gasteiger partial charge is 0.253 e. The third kappa shape index (κ3) is 4.63. The number of hydrogen-bond acceptors (Lipinski definition) is 4. The van der Waals surface area contributed by atoms with Gasteiger partial charge < -0.3 is 9.64 Å². The number of benzene rings is 1. The zero-order valence-electron chi connectivity index (χ0n) is 16.2. The van der Waals surface area contributed by atoms with Crippen LogP contribution in [0.3, 0.4) is 0 Å². The fourth-order valence-corrected chi connectivity index (χ4v) is 5.59. The summed E-state index contributed by atoms with van der Waals surface area (Å²) in [5, 5.41) is 0. The van der Waals surface area contributed by atoms with Crippen molar-refractivity contribution in [3.05, 3.63) is 23.8 Å². The lowest BCUT2D eigenvalue weighted by Crippen LogP contribution is -2.33. The first-order valence-electron chi connectivity index (χ1n) is 10.0. The van der Waals surface area contributed by atoms with Crippen molar-refractivity contribution in [1.82, 2.24) is 9.21 Å². The number of nitrogens with zero attached hydrogens (tertiary/aromatic N) is 2. The normalized spacial score (nSPS) is 20.0. The van der Waals surface area contributed by atoms with Crippen molar-refractivity contribution in [2.24, 2.45) is 0 Å². The average Bonchev–Trinajstić information content (AvgIpc) is 3.12. The number of hydrogen-bond donors (Lipinski definition) is 0. The molecule has 2 aliphatic heterocycles. The highest BCUT2D eigenvalue weighted by Crippen LogP contribution is 2.30. The maximum atomic E-state index is 13.2. The minimum absolute atomic E-state index is 0.0909. The third-order valence-electron chi connectivity index (χ3n) is 5.49. The van der Waals surface area contributed by atoms with Gasteiger partial charge >= 0.3 is 0 Å². The molecule has 1 amide bonds. The molecule has 0 unspecified atom stereocenters. The van der Waals surface area contributed by atoms with Gasteiger partial charge in [-0.05, 0) is 43.9 Å². The van der Waals surface area contributed by atoms with Gasteiger partial charge in [0.1, 0.15) is 10.6 Å². The van der Waals surface area contributed by atoms with Crippen LogP contribution in [0.5, 0.6) is 5.75 Å². The van der Waals surface area contributed by atoms with Crippen LogP contribution in [0.1, 0.15) is 61.7 Å². The molecule has 0 aliphatic carbocycles. The Kier molecular flexibility index (Phi) is 6.76. The Balaban J connectivity index is 1.92. The van der Waals surface area contributed by atoms with Crippen LogP contribution in [0, 0.1) is 0 Å². The molecule has 0 bridgehead atoms. The van der Waals surface area contributed by atoms with Crippen LogP contribution in [-0.2, 0) is 10.0 Å². The van der Waals surface area contributed by atoms with Gasteiger partial charge in [0.25, 0.3) is 5.91 Å². The van der Waals surface area contributed by atoms with E-state index in [9.17, 15) is 13.2 Å². The van der Waals surface area contributed by atoms with Crippen LogP contribution in [0.4, 0.5) is 0 Å². The zero-order valence-corrected chi connectivity index (χ0v) is 17.0. The second-order valence-electron chi connectivity index (χ2n) is 7.39. The Morgan fingerprint density at radius 1 is 0.889 bits per heavy atom. The second kappa shape index (κ2) is 9.06. The van der Waals surface area contributed by atoms with E-state index in [4.69, 9.17) is 4.74 Å². The lowest BCUT2D eigenvalue weighted by atomic mass is 10.2. The Morgan fingerprint density at radius 2 is 1.44 bits per heavy atom. The molecular weight excluding hydrogens is 364 g/mol. The van der Waals surface area contributed by atoms with Gasteiger partial charge in [0.05, 0.1) is 7.11 Å². The Morgan fingerprint density at radius 3 is 2.00 bits per heavy atom. The van der Waals surface area contributed by atoms with Crippen molar-refractivity contribution in [2.75, 3.05) is 33.3 Å². The van der Waals surface area contributed by atoms with Gasteiger partial charge in [-0.1, -0.05) is 25.7 Å². The molecule has 1 aromatic rings. The van der Waals surface area contributed by atoms with E-state index in [1.165, 1.54) is 17.5 Å². The van der Waals surface area contributed by atoms with E-state index in [1.807, 2.05) is 4.90 Å². The molecule has 1 aromatic carbocycles. The molecule has 0 N–H and O–H groups in total. The summed E-state index contributed by atoms with van der Waals surface area (Å²) in [7, 11) is -2.22. The van der Waals surface area contributed by atoms with Gasteiger partial charge in [0, 0.05) is 31.7 Å². The van der Waals surface area contributed by atoms with E-state index in [0.717, 1.165) is 64.5 Å². The summed E-state index contributed by atoms with van der Waals surface area (Å²) in [4.78, 5) is 14.9. The lowest BCUT2D eigenvalue weighted by molar-refractivity contribution is 0.0761. The molecule has 7 heteroatoms. The molecule has 150 valence electrons. The number of carbonyl (C=O) groups excluding carboxylic acids is 1. The van der Waals surface area contributed by atoms with Gasteiger partial charge in [-0.15, -0.1) is 0 Å². The molecule has 6 nitrogen and oxygen atoms in total. The van der Waals surface area contributed by atoms with Crippen LogP contribution < -0.4 is 4.74 Å². The summed E-state index contributed by atoms with van der Waals surface area (Å²) in [5.41, 5.74) is 0.422. The maximum Gasteiger partial charge on any atom is 0.253 e. The summed E-state index contributed by atoms with van der Waals surface area (Å²) in [6, 6.07) is 4.79. The Hall–Kier alpha value is -1.60. The maximum absolute atomic E-state index is 13.2. The van der Waals surface area contributed by atoms with Gasteiger partial charge in [0.2, 0.25) is 10.0 Å².